The Morgan fingerprint density at radius 3 is 2.57 bits per heavy atom. The largest absolute Gasteiger partial charge is 0.292 e. The van der Waals surface area contributed by atoms with Crippen LogP contribution in [-0.4, -0.2) is 11.8 Å². The smallest absolute Gasteiger partial charge is 0.260 e. The molecule has 0 aliphatic rings. The summed E-state index contributed by atoms with van der Waals surface area (Å²) in [7, 11) is 0. The maximum Gasteiger partial charge on any atom is 0.260 e. The molecule has 0 atom stereocenters. The first-order valence-electron chi connectivity index (χ1n) is 4.09. The topological polar surface area (TPSA) is 46.2 Å². The molecule has 1 N–H and O–H groups in total. The van der Waals surface area contributed by atoms with Gasteiger partial charge in [-0.2, -0.15) is 0 Å². The van der Waals surface area contributed by atoms with Crippen LogP contribution >= 0.6 is 0 Å². The summed E-state index contributed by atoms with van der Waals surface area (Å²) in [6.45, 7) is 2.94. The molecular formula is C10H10FNO2. The van der Waals surface area contributed by atoms with Crippen molar-refractivity contribution in [2.24, 2.45) is 0 Å². The number of benzene rings is 1. The van der Waals surface area contributed by atoms with Crippen molar-refractivity contribution in [3.05, 3.63) is 35.1 Å². The van der Waals surface area contributed by atoms with Crippen molar-refractivity contribution >= 4 is 11.8 Å². The second kappa shape index (κ2) is 4.00. The third-order valence-corrected chi connectivity index (χ3v) is 1.66. The number of imide groups is 1. The molecule has 0 fully saturated rings. The Morgan fingerprint density at radius 2 is 2.00 bits per heavy atom. The lowest BCUT2D eigenvalue weighted by Gasteiger charge is -2.03. The van der Waals surface area contributed by atoms with E-state index in [9.17, 15) is 14.0 Å². The fraction of sp³-hybridized carbons (Fsp3) is 0.200. The number of hydrogen-bond acceptors (Lipinski definition) is 2. The quantitative estimate of drug-likeness (QED) is 0.736. The molecule has 0 unspecified atom stereocenters. The molecule has 0 radical (unpaired) electrons. The van der Waals surface area contributed by atoms with E-state index >= 15 is 0 Å². The summed E-state index contributed by atoms with van der Waals surface area (Å²) in [5.41, 5.74) is 0.653. The number of nitrogens with one attached hydrogen (secondary N) is 1. The van der Waals surface area contributed by atoms with Crippen molar-refractivity contribution < 1.29 is 14.0 Å². The third-order valence-electron chi connectivity index (χ3n) is 1.66. The van der Waals surface area contributed by atoms with Gasteiger partial charge < -0.3 is 0 Å². The van der Waals surface area contributed by atoms with Crippen LogP contribution in [-0.2, 0) is 4.79 Å². The zero-order valence-corrected chi connectivity index (χ0v) is 7.93. The Morgan fingerprint density at radius 1 is 1.36 bits per heavy atom. The molecule has 0 heterocycles. The molecule has 1 aromatic rings. The highest BCUT2D eigenvalue weighted by Crippen LogP contribution is 2.09. The van der Waals surface area contributed by atoms with Gasteiger partial charge in [0.2, 0.25) is 5.91 Å². The van der Waals surface area contributed by atoms with Gasteiger partial charge in [0, 0.05) is 6.92 Å². The van der Waals surface area contributed by atoms with E-state index in [4.69, 9.17) is 0 Å². The number of halogens is 1. The lowest BCUT2D eigenvalue weighted by molar-refractivity contribution is -0.118. The van der Waals surface area contributed by atoms with Crippen molar-refractivity contribution in [2.45, 2.75) is 13.8 Å². The Kier molecular flexibility index (Phi) is 2.96. The number of hydrogen-bond donors (Lipinski definition) is 1. The molecule has 0 bridgehead atoms. The Balaban J connectivity index is 3.00. The SMILES string of the molecule is CC(=O)NC(=O)c1cc(C)ccc1F. The first kappa shape index (κ1) is 10.4. The van der Waals surface area contributed by atoms with Gasteiger partial charge >= 0.3 is 0 Å². The maximum atomic E-state index is 13.1. The fourth-order valence-electron chi connectivity index (χ4n) is 1.04. The number of amides is 2. The average Bonchev–Trinajstić information content (AvgIpc) is 2.08. The standard InChI is InChI=1S/C10H10FNO2/c1-6-3-4-9(11)8(5-6)10(14)12-7(2)13/h3-5H,1-2H3,(H,12,13,14). The lowest BCUT2D eigenvalue weighted by atomic mass is 10.1. The first-order chi connectivity index (χ1) is 6.50. The average molecular weight is 195 g/mol. The molecule has 0 aliphatic heterocycles. The molecule has 0 saturated carbocycles. The van der Waals surface area contributed by atoms with Crippen LogP contribution in [0.2, 0.25) is 0 Å². The predicted molar refractivity (Wildman–Crippen MR) is 49.3 cm³/mol. The number of aryl methyl sites for hydroxylation is 1. The van der Waals surface area contributed by atoms with Crippen LogP contribution in [0.15, 0.2) is 18.2 Å². The molecule has 1 aromatic carbocycles. The summed E-state index contributed by atoms with van der Waals surface area (Å²) in [6, 6.07) is 4.15. The van der Waals surface area contributed by atoms with E-state index in [-0.39, 0.29) is 5.56 Å². The molecule has 14 heavy (non-hydrogen) atoms. The zero-order chi connectivity index (χ0) is 10.7. The Hall–Kier alpha value is -1.71. The lowest BCUT2D eigenvalue weighted by Crippen LogP contribution is -2.28. The third kappa shape index (κ3) is 2.39. The molecule has 2 amide bonds. The van der Waals surface area contributed by atoms with E-state index in [1.807, 2.05) is 5.32 Å². The van der Waals surface area contributed by atoms with Gasteiger partial charge in [-0.25, -0.2) is 4.39 Å². The van der Waals surface area contributed by atoms with Crippen LogP contribution in [0.1, 0.15) is 22.8 Å². The highest BCUT2D eigenvalue weighted by molar-refractivity contribution is 6.04. The van der Waals surface area contributed by atoms with Crippen molar-refractivity contribution in [2.75, 3.05) is 0 Å². The predicted octanol–water partition coefficient (Wildman–Crippen LogP) is 1.41. The Bertz CT molecular complexity index is 388. The van der Waals surface area contributed by atoms with Gasteiger partial charge in [0.05, 0.1) is 5.56 Å². The van der Waals surface area contributed by atoms with E-state index in [0.717, 1.165) is 5.56 Å². The molecule has 0 aliphatic carbocycles. The molecule has 0 spiro atoms. The van der Waals surface area contributed by atoms with Gasteiger partial charge in [-0.15, -0.1) is 0 Å². The molecule has 3 nitrogen and oxygen atoms in total. The van der Waals surface area contributed by atoms with Crippen LogP contribution in [0, 0.1) is 12.7 Å². The van der Waals surface area contributed by atoms with Crippen LogP contribution in [0.3, 0.4) is 0 Å². The van der Waals surface area contributed by atoms with Gasteiger partial charge in [-0.05, 0) is 19.1 Å². The van der Waals surface area contributed by atoms with Gasteiger partial charge in [0.15, 0.2) is 0 Å². The van der Waals surface area contributed by atoms with Crippen molar-refractivity contribution in [3.8, 4) is 0 Å². The normalized spacial score (nSPS) is 9.64. The zero-order valence-electron chi connectivity index (χ0n) is 7.93. The van der Waals surface area contributed by atoms with Gasteiger partial charge in [-0.3, -0.25) is 14.9 Å². The molecule has 0 saturated heterocycles. The summed E-state index contributed by atoms with van der Waals surface area (Å²) < 4.78 is 13.1. The molecule has 0 aromatic heterocycles. The minimum absolute atomic E-state index is 0.111. The van der Waals surface area contributed by atoms with Crippen molar-refractivity contribution in [1.29, 1.82) is 0 Å². The monoisotopic (exact) mass is 195 g/mol. The summed E-state index contributed by atoms with van der Waals surface area (Å²) in [5, 5.41) is 2.01. The summed E-state index contributed by atoms with van der Waals surface area (Å²) in [6.07, 6.45) is 0. The summed E-state index contributed by atoms with van der Waals surface area (Å²) in [5.74, 6) is -1.84. The fourth-order valence-corrected chi connectivity index (χ4v) is 1.04. The minimum atomic E-state index is -0.710. The van der Waals surface area contributed by atoms with E-state index in [0.29, 0.717) is 0 Å². The van der Waals surface area contributed by atoms with E-state index in [2.05, 4.69) is 0 Å². The number of rotatable bonds is 1. The van der Waals surface area contributed by atoms with Crippen LogP contribution in [0.5, 0.6) is 0 Å². The second-order valence-corrected chi connectivity index (χ2v) is 2.99. The molecular weight excluding hydrogens is 185 g/mol. The van der Waals surface area contributed by atoms with Gasteiger partial charge in [-0.1, -0.05) is 11.6 Å². The van der Waals surface area contributed by atoms with Crippen LogP contribution < -0.4 is 5.32 Å². The highest BCUT2D eigenvalue weighted by Gasteiger charge is 2.12. The highest BCUT2D eigenvalue weighted by atomic mass is 19.1. The van der Waals surface area contributed by atoms with E-state index in [1.165, 1.54) is 19.1 Å². The van der Waals surface area contributed by atoms with E-state index in [1.54, 1.807) is 13.0 Å². The van der Waals surface area contributed by atoms with Gasteiger partial charge in [0.25, 0.3) is 5.91 Å². The molecule has 1 rings (SSSR count). The van der Waals surface area contributed by atoms with Crippen molar-refractivity contribution in [3.63, 3.8) is 0 Å². The number of carbonyl (C=O) groups is 2. The molecule has 4 heteroatoms. The number of carbonyl (C=O) groups excluding carboxylic acids is 2. The molecule has 74 valence electrons. The summed E-state index contributed by atoms with van der Waals surface area (Å²) in [4.78, 5) is 21.8. The Labute approximate surface area is 80.9 Å². The maximum absolute atomic E-state index is 13.1. The second-order valence-electron chi connectivity index (χ2n) is 2.99. The van der Waals surface area contributed by atoms with Crippen LogP contribution in [0.4, 0.5) is 4.39 Å². The van der Waals surface area contributed by atoms with Crippen molar-refractivity contribution in [1.82, 2.24) is 5.32 Å². The van der Waals surface area contributed by atoms with E-state index < -0.39 is 17.6 Å². The summed E-state index contributed by atoms with van der Waals surface area (Å²) >= 11 is 0. The minimum Gasteiger partial charge on any atom is -0.292 e. The van der Waals surface area contributed by atoms with Gasteiger partial charge in [0.1, 0.15) is 5.82 Å². The first-order valence-corrected chi connectivity index (χ1v) is 4.09. The van der Waals surface area contributed by atoms with Crippen LogP contribution in [0.25, 0.3) is 0 Å².